The lowest BCUT2D eigenvalue weighted by atomic mass is 10.0. The van der Waals surface area contributed by atoms with Crippen molar-refractivity contribution >= 4 is 50.0 Å². The van der Waals surface area contributed by atoms with Crippen molar-refractivity contribution in [2.45, 2.75) is 31.6 Å². The maximum atomic E-state index is 13.4. The molecule has 5 aromatic rings. The molecule has 208 valence electrons. The maximum Gasteiger partial charge on any atom is 0.265 e. The predicted molar refractivity (Wildman–Crippen MR) is 166 cm³/mol. The summed E-state index contributed by atoms with van der Waals surface area (Å²) in [6.45, 7) is 5.86. The minimum atomic E-state index is -3.94. The number of aromatic hydroxyl groups is 1. The molecular weight excluding hydrogens is 558 g/mol. The van der Waals surface area contributed by atoms with Gasteiger partial charge in [-0.05, 0) is 72.5 Å². The van der Waals surface area contributed by atoms with Gasteiger partial charge in [0, 0.05) is 22.0 Å². The van der Waals surface area contributed by atoms with E-state index in [1.54, 1.807) is 73.7 Å². The Morgan fingerprint density at radius 3 is 2.32 bits per heavy atom. The van der Waals surface area contributed by atoms with E-state index in [0.717, 1.165) is 5.56 Å². The summed E-state index contributed by atoms with van der Waals surface area (Å²) in [7, 11) is -3.94. The summed E-state index contributed by atoms with van der Waals surface area (Å²) in [5.41, 5.74) is 2.83. The van der Waals surface area contributed by atoms with E-state index in [2.05, 4.69) is 23.6 Å². The maximum absolute atomic E-state index is 13.4. The SMILES string of the molecule is Cc1ccc(N=Cc2c(O)n(-c3ccc(C(C)C)cc3)c(=O)c3ccccc23)cc1S(=O)(=O)Nc1cccc(Cl)c1. The van der Waals surface area contributed by atoms with Crippen molar-refractivity contribution < 1.29 is 13.5 Å². The van der Waals surface area contributed by atoms with Crippen LogP contribution < -0.4 is 10.3 Å². The van der Waals surface area contributed by atoms with E-state index in [1.165, 1.54) is 22.9 Å². The Bertz CT molecular complexity index is 1960. The number of pyridine rings is 1. The number of aliphatic imine (C=N–C) groups is 1. The normalized spacial score (nSPS) is 11.9. The van der Waals surface area contributed by atoms with Gasteiger partial charge in [-0.2, -0.15) is 0 Å². The molecule has 0 spiro atoms. The van der Waals surface area contributed by atoms with Gasteiger partial charge in [-0.3, -0.25) is 14.5 Å². The zero-order valence-corrected chi connectivity index (χ0v) is 24.2. The van der Waals surface area contributed by atoms with Gasteiger partial charge in [0.05, 0.1) is 27.5 Å². The van der Waals surface area contributed by atoms with Gasteiger partial charge < -0.3 is 5.11 Å². The lowest BCUT2D eigenvalue weighted by Gasteiger charge is -2.15. The second-order valence-corrected chi connectivity index (χ2v) is 12.1. The number of hydrogen-bond acceptors (Lipinski definition) is 5. The van der Waals surface area contributed by atoms with Crippen molar-refractivity contribution in [2.75, 3.05) is 4.72 Å². The molecule has 41 heavy (non-hydrogen) atoms. The van der Waals surface area contributed by atoms with E-state index < -0.39 is 10.0 Å². The average molecular weight is 586 g/mol. The summed E-state index contributed by atoms with van der Waals surface area (Å²) >= 11 is 6.01. The highest BCUT2D eigenvalue weighted by Crippen LogP contribution is 2.29. The summed E-state index contributed by atoms with van der Waals surface area (Å²) < 4.78 is 30.2. The van der Waals surface area contributed by atoms with Crippen LogP contribution >= 0.6 is 11.6 Å². The Balaban J connectivity index is 1.58. The van der Waals surface area contributed by atoms with Gasteiger partial charge >= 0.3 is 0 Å². The lowest BCUT2D eigenvalue weighted by molar-refractivity contribution is 0.436. The number of aryl methyl sites for hydroxylation is 1. The van der Waals surface area contributed by atoms with Gasteiger partial charge in [-0.1, -0.05) is 67.9 Å². The third-order valence-corrected chi connectivity index (χ3v) is 8.56. The first-order valence-corrected chi connectivity index (χ1v) is 14.8. The molecule has 0 aliphatic heterocycles. The zero-order chi connectivity index (χ0) is 29.3. The first-order chi connectivity index (χ1) is 19.5. The van der Waals surface area contributed by atoms with Crippen LogP contribution in [0.2, 0.25) is 5.02 Å². The van der Waals surface area contributed by atoms with Crippen LogP contribution in [0.15, 0.2) is 106 Å². The van der Waals surface area contributed by atoms with Gasteiger partial charge in [0.2, 0.25) is 5.88 Å². The Kier molecular flexibility index (Phi) is 7.71. The lowest BCUT2D eigenvalue weighted by Crippen LogP contribution is -2.20. The molecule has 0 unspecified atom stereocenters. The number of anilines is 1. The summed E-state index contributed by atoms with van der Waals surface area (Å²) in [6.07, 6.45) is 1.45. The number of rotatable bonds is 7. The molecule has 0 aliphatic carbocycles. The molecule has 4 aromatic carbocycles. The monoisotopic (exact) mass is 585 g/mol. The predicted octanol–water partition coefficient (Wildman–Crippen LogP) is 7.33. The molecule has 0 saturated carbocycles. The molecule has 0 amide bonds. The van der Waals surface area contributed by atoms with Crippen LogP contribution in [0.1, 0.15) is 36.5 Å². The summed E-state index contributed by atoms with van der Waals surface area (Å²) in [5.74, 6) is 0.0508. The van der Waals surface area contributed by atoms with Gasteiger partial charge in [0.15, 0.2) is 0 Å². The summed E-state index contributed by atoms with van der Waals surface area (Å²) in [5, 5.41) is 12.7. The number of fused-ring (bicyclic) bond motifs is 1. The number of nitrogens with zero attached hydrogens (tertiary/aromatic N) is 2. The molecule has 0 atom stereocenters. The molecule has 0 radical (unpaired) electrons. The molecule has 1 heterocycles. The number of halogens is 1. The van der Waals surface area contributed by atoms with Crippen molar-refractivity contribution in [3.63, 3.8) is 0 Å². The molecular formula is C32H28ClN3O4S. The number of aromatic nitrogens is 1. The number of benzene rings is 4. The van der Waals surface area contributed by atoms with Crippen LogP contribution in [-0.4, -0.2) is 24.3 Å². The van der Waals surface area contributed by atoms with E-state index in [9.17, 15) is 18.3 Å². The quantitative estimate of drug-likeness (QED) is 0.195. The van der Waals surface area contributed by atoms with Crippen molar-refractivity contribution in [3.05, 3.63) is 123 Å². The van der Waals surface area contributed by atoms with Crippen LogP contribution in [0.3, 0.4) is 0 Å². The first kappa shape index (κ1) is 28.1. The van der Waals surface area contributed by atoms with Crippen LogP contribution in [0.5, 0.6) is 5.88 Å². The molecule has 1 aromatic heterocycles. The topological polar surface area (TPSA) is 101 Å². The Labute approximate surface area is 243 Å². The van der Waals surface area contributed by atoms with E-state index in [0.29, 0.717) is 49.9 Å². The molecule has 0 fully saturated rings. The summed E-state index contributed by atoms with van der Waals surface area (Å²) in [6, 6.07) is 25.7. The average Bonchev–Trinajstić information content (AvgIpc) is 2.94. The Morgan fingerprint density at radius 1 is 0.927 bits per heavy atom. The van der Waals surface area contributed by atoms with E-state index >= 15 is 0 Å². The minimum absolute atomic E-state index is 0.0522. The molecule has 9 heteroatoms. The van der Waals surface area contributed by atoms with E-state index in [-0.39, 0.29) is 16.3 Å². The summed E-state index contributed by atoms with van der Waals surface area (Å²) in [4.78, 5) is 18.0. The van der Waals surface area contributed by atoms with Crippen LogP contribution in [0.4, 0.5) is 11.4 Å². The van der Waals surface area contributed by atoms with Crippen LogP contribution in [0, 0.1) is 6.92 Å². The smallest absolute Gasteiger partial charge is 0.265 e. The first-order valence-electron chi connectivity index (χ1n) is 13.0. The van der Waals surface area contributed by atoms with Crippen molar-refractivity contribution in [3.8, 4) is 11.6 Å². The van der Waals surface area contributed by atoms with Gasteiger partial charge in [-0.15, -0.1) is 0 Å². The fraction of sp³-hybridized carbons (Fsp3) is 0.125. The standard InChI is InChI=1S/C32H28ClN3O4S/c1-20(2)22-12-15-26(16-13-22)36-31(37)28-10-5-4-9-27(28)29(32(36)38)19-34-24-14-11-21(3)30(18-24)41(39,40)35-25-8-6-7-23(33)17-25/h4-20,35,38H,1-3H3. The van der Waals surface area contributed by atoms with Crippen molar-refractivity contribution in [1.82, 2.24) is 4.57 Å². The van der Waals surface area contributed by atoms with E-state index in [1.807, 2.05) is 12.1 Å². The van der Waals surface area contributed by atoms with Gasteiger partial charge in [0.25, 0.3) is 15.6 Å². The Morgan fingerprint density at radius 2 is 1.63 bits per heavy atom. The highest BCUT2D eigenvalue weighted by Gasteiger charge is 2.19. The number of sulfonamides is 1. The third kappa shape index (κ3) is 5.75. The second kappa shape index (κ2) is 11.2. The van der Waals surface area contributed by atoms with E-state index in [4.69, 9.17) is 11.6 Å². The van der Waals surface area contributed by atoms with Crippen LogP contribution in [-0.2, 0) is 10.0 Å². The molecule has 5 rings (SSSR count). The highest BCUT2D eigenvalue weighted by atomic mass is 35.5. The van der Waals surface area contributed by atoms with Crippen LogP contribution in [0.25, 0.3) is 16.5 Å². The third-order valence-electron chi connectivity index (χ3n) is 6.80. The molecule has 0 aliphatic rings. The fourth-order valence-corrected chi connectivity index (χ4v) is 6.10. The number of nitrogens with one attached hydrogen (secondary N) is 1. The minimum Gasteiger partial charge on any atom is -0.494 e. The largest absolute Gasteiger partial charge is 0.494 e. The fourth-order valence-electron chi connectivity index (χ4n) is 4.60. The highest BCUT2D eigenvalue weighted by molar-refractivity contribution is 7.92. The molecule has 7 nitrogen and oxygen atoms in total. The van der Waals surface area contributed by atoms with Gasteiger partial charge in [0.1, 0.15) is 0 Å². The molecule has 0 saturated heterocycles. The number of hydrogen-bond donors (Lipinski definition) is 2. The Hall–Kier alpha value is -4.40. The zero-order valence-electron chi connectivity index (χ0n) is 22.7. The molecule has 2 N–H and O–H groups in total. The second-order valence-electron chi connectivity index (χ2n) is 9.99. The van der Waals surface area contributed by atoms with Crippen molar-refractivity contribution in [1.29, 1.82) is 0 Å². The van der Waals surface area contributed by atoms with Gasteiger partial charge in [-0.25, -0.2) is 13.0 Å². The van der Waals surface area contributed by atoms with Crippen molar-refractivity contribution in [2.24, 2.45) is 4.99 Å². The molecule has 0 bridgehead atoms.